The summed E-state index contributed by atoms with van der Waals surface area (Å²) < 4.78 is 11.5. The molecule has 0 aromatic heterocycles. The number of carbonyl (C=O) groups excluding carboxylic acids is 2. The van der Waals surface area contributed by atoms with Crippen LogP contribution in [0.25, 0.3) is 0 Å². The van der Waals surface area contributed by atoms with Crippen molar-refractivity contribution in [3.8, 4) is 6.07 Å². The van der Waals surface area contributed by atoms with Gasteiger partial charge in [-0.2, -0.15) is 5.26 Å². The highest BCUT2D eigenvalue weighted by Gasteiger charge is 2.80. The van der Waals surface area contributed by atoms with Crippen LogP contribution in [0.15, 0.2) is 47.0 Å². The highest BCUT2D eigenvalue weighted by Crippen LogP contribution is 2.70. The average molecular weight is 393 g/mol. The van der Waals surface area contributed by atoms with Crippen molar-refractivity contribution in [3.63, 3.8) is 0 Å². The first kappa shape index (κ1) is 19.1. The summed E-state index contributed by atoms with van der Waals surface area (Å²) in [5.74, 6) is -1.10. The Labute approximate surface area is 169 Å². The Balaban J connectivity index is 2.10. The molecular formula is C22H23N3O4. The number of ketones is 1. The molecule has 2 N–H and O–H groups in total. The number of esters is 1. The van der Waals surface area contributed by atoms with E-state index in [1.54, 1.807) is 26.0 Å². The van der Waals surface area contributed by atoms with Gasteiger partial charge in [0.1, 0.15) is 11.6 Å². The van der Waals surface area contributed by atoms with E-state index in [2.05, 4.69) is 13.0 Å². The van der Waals surface area contributed by atoms with Gasteiger partial charge < -0.3 is 20.1 Å². The summed E-state index contributed by atoms with van der Waals surface area (Å²) in [7, 11) is 0. The minimum atomic E-state index is -1.65. The van der Waals surface area contributed by atoms with Crippen LogP contribution in [0.4, 0.5) is 0 Å². The van der Waals surface area contributed by atoms with Crippen LogP contribution in [0.2, 0.25) is 0 Å². The number of hydrogen-bond donors (Lipinski definition) is 1. The maximum atomic E-state index is 13.9. The Morgan fingerprint density at radius 2 is 2.07 bits per heavy atom. The topological polar surface area (TPSA) is 106 Å². The van der Waals surface area contributed by atoms with Gasteiger partial charge in [0, 0.05) is 23.4 Å². The van der Waals surface area contributed by atoms with Gasteiger partial charge in [-0.15, -0.1) is 0 Å². The molecule has 7 nitrogen and oxygen atoms in total. The number of carbonyl (C=O) groups is 2. The van der Waals surface area contributed by atoms with Gasteiger partial charge in [-0.3, -0.25) is 4.79 Å². The van der Waals surface area contributed by atoms with Gasteiger partial charge in [-0.05, 0) is 20.3 Å². The fourth-order valence-corrected chi connectivity index (χ4v) is 5.08. The lowest BCUT2D eigenvalue weighted by Gasteiger charge is -2.41. The summed E-state index contributed by atoms with van der Waals surface area (Å²) in [4.78, 5) is 28.9. The monoisotopic (exact) mass is 393 g/mol. The third kappa shape index (κ3) is 1.96. The first-order valence-electron chi connectivity index (χ1n) is 9.83. The van der Waals surface area contributed by atoms with E-state index in [9.17, 15) is 14.9 Å². The van der Waals surface area contributed by atoms with Gasteiger partial charge in [0.2, 0.25) is 11.6 Å². The maximum Gasteiger partial charge on any atom is 0.337 e. The van der Waals surface area contributed by atoms with E-state index in [1.165, 1.54) is 0 Å². The number of Topliss-reactive ketones (excluding diaryl/α,β-unsaturated/α-hetero) is 1. The molecule has 29 heavy (non-hydrogen) atoms. The summed E-state index contributed by atoms with van der Waals surface area (Å²) in [5, 5.41) is 9.98. The summed E-state index contributed by atoms with van der Waals surface area (Å²) in [6.07, 6.45) is 1.72. The molecule has 2 heterocycles. The van der Waals surface area contributed by atoms with Crippen LogP contribution >= 0.6 is 0 Å². The van der Waals surface area contributed by atoms with Gasteiger partial charge in [0.15, 0.2) is 11.2 Å². The molecular weight excluding hydrogens is 370 g/mol. The quantitative estimate of drug-likeness (QED) is 0.767. The van der Waals surface area contributed by atoms with Crippen LogP contribution in [0.1, 0.15) is 49.5 Å². The van der Waals surface area contributed by atoms with E-state index >= 15 is 0 Å². The van der Waals surface area contributed by atoms with Crippen molar-refractivity contribution in [2.45, 2.75) is 39.3 Å². The molecule has 0 unspecified atom stereocenters. The van der Waals surface area contributed by atoms with Crippen molar-refractivity contribution in [1.82, 2.24) is 4.90 Å². The normalized spacial score (nSPS) is 26.8. The van der Waals surface area contributed by atoms with E-state index in [1.807, 2.05) is 17.0 Å². The maximum absolute atomic E-state index is 13.9. The van der Waals surface area contributed by atoms with Crippen LogP contribution < -0.4 is 5.73 Å². The zero-order valence-electron chi connectivity index (χ0n) is 16.7. The summed E-state index contributed by atoms with van der Waals surface area (Å²) in [5.41, 5.74) is 4.86. The van der Waals surface area contributed by atoms with Crippen molar-refractivity contribution in [2.75, 3.05) is 13.2 Å². The molecule has 1 aromatic carbocycles. The number of nitrogens with two attached hydrogens (primary N) is 1. The second kappa shape index (κ2) is 6.38. The highest BCUT2D eigenvalue weighted by molar-refractivity contribution is 6.17. The number of ether oxygens (including phenoxy) is 2. The zero-order valence-corrected chi connectivity index (χ0v) is 16.7. The third-order valence-corrected chi connectivity index (χ3v) is 6.11. The molecule has 0 saturated carbocycles. The number of benzene rings is 1. The molecule has 3 aliphatic rings. The fraction of sp³-hybridized carbons (Fsp3) is 0.409. The van der Waals surface area contributed by atoms with Crippen molar-refractivity contribution < 1.29 is 19.1 Å². The van der Waals surface area contributed by atoms with Crippen molar-refractivity contribution in [3.05, 3.63) is 58.1 Å². The van der Waals surface area contributed by atoms with Gasteiger partial charge in [-0.1, -0.05) is 37.6 Å². The third-order valence-electron chi connectivity index (χ3n) is 6.11. The molecule has 7 heteroatoms. The number of allylic oxidation sites excluding steroid dienone is 1. The first-order chi connectivity index (χ1) is 13.9. The van der Waals surface area contributed by atoms with E-state index in [4.69, 9.17) is 15.2 Å². The minimum absolute atomic E-state index is 0.0277. The molecule has 1 aliphatic carbocycles. The van der Waals surface area contributed by atoms with Crippen LogP contribution in [0, 0.1) is 16.7 Å². The van der Waals surface area contributed by atoms with Crippen molar-refractivity contribution in [2.24, 2.45) is 11.1 Å². The standard InChI is InChI=1S/C22H23N3O4/c1-4-6-11-25-13(3)17(20(27)28-5-2)21-16(12-23)19(24)29-22(21,25)15-10-8-7-9-14(15)18(21)26/h7-10H,4-6,11,24H2,1-3H3/t21-,22-/m1/s1. The molecule has 4 rings (SSSR count). The highest BCUT2D eigenvalue weighted by atomic mass is 16.5. The zero-order chi connectivity index (χ0) is 21.0. The lowest BCUT2D eigenvalue weighted by atomic mass is 9.68. The molecule has 2 aliphatic heterocycles. The van der Waals surface area contributed by atoms with Gasteiger partial charge in [0.05, 0.1) is 12.2 Å². The van der Waals surface area contributed by atoms with Crippen LogP contribution in [-0.4, -0.2) is 29.8 Å². The number of hydrogen-bond acceptors (Lipinski definition) is 7. The number of nitriles is 1. The molecule has 0 radical (unpaired) electrons. The number of rotatable bonds is 5. The number of nitrogens with zero attached hydrogens (tertiary/aromatic N) is 2. The lowest BCUT2D eigenvalue weighted by Crippen LogP contribution is -2.52. The Hall–Kier alpha value is -3.27. The average Bonchev–Trinajstić information content (AvgIpc) is 3.17. The SMILES string of the molecule is CCCCN1C(C)=C(C(=O)OCC)[C@]23C(=O)c4ccccc4[C@]12OC(N)=C3C#N. The van der Waals surface area contributed by atoms with E-state index < -0.39 is 17.1 Å². The first-order valence-corrected chi connectivity index (χ1v) is 9.83. The molecule has 0 fully saturated rings. The molecule has 0 spiro atoms. The Morgan fingerprint density at radius 3 is 2.72 bits per heavy atom. The second-order valence-electron chi connectivity index (χ2n) is 7.41. The molecule has 0 bridgehead atoms. The molecule has 1 aromatic rings. The Morgan fingerprint density at radius 1 is 1.34 bits per heavy atom. The Bertz CT molecular complexity index is 1030. The lowest BCUT2D eigenvalue weighted by molar-refractivity contribution is -0.143. The van der Waals surface area contributed by atoms with Crippen LogP contribution in [-0.2, 0) is 20.0 Å². The predicted octanol–water partition coefficient (Wildman–Crippen LogP) is 2.70. The van der Waals surface area contributed by atoms with E-state index in [0.29, 0.717) is 23.4 Å². The Kier molecular flexibility index (Phi) is 4.19. The molecule has 150 valence electrons. The fourth-order valence-electron chi connectivity index (χ4n) is 5.08. The predicted molar refractivity (Wildman–Crippen MR) is 104 cm³/mol. The smallest absolute Gasteiger partial charge is 0.337 e. The van der Waals surface area contributed by atoms with E-state index in [-0.39, 0.29) is 29.4 Å². The van der Waals surface area contributed by atoms with E-state index in [0.717, 1.165) is 12.8 Å². The molecule has 0 amide bonds. The number of unbranched alkanes of at least 4 members (excludes halogenated alkanes) is 1. The summed E-state index contributed by atoms with van der Waals surface area (Å²) in [6.45, 7) is 6.23. The number of fused-ring (bicyclic) bond motifs is 1. The largest absolute Gasteiger partial charge is 0.463 e. The van der Waals surface area contributed by atoms with Crippen LogP contribution in [0.3, 0.4) is 0 Å². The molecule has 0 saturated heterocycles. The minimum Gasteiger partial charge on any atom is -0.463 e. The summed E-state index contributed by atoms with van der Waals surface area (Å²) >= 11 is 0. The van der Waals surface area contributed by atoms with Gasteiger partial charge in [0.25, 0.3) is 0 Å². The van der Waals surface area contributed by atoms with Gasteiger partial charge >= 0.3 is 5.97 Å². The van der Waals surface area contributed by atoms with Crippen molar-refractivity contribution >= 4 is 11.8 Å². The summed E-state index contributed by atoms with van der Waals surface area (Å²) in [6, 6.07) is 9.16. The van der Waals surface area contributed by atoms with Crippen molar-refractivity contribution in [1.29, 1.82) is 5.26 Å². The van der Waals surface area contributed by atoms with Gasteiger partial charge in [-0.25, -0.2) is 4.79 Å². The van der Waals surface area contributed by atoms with Crippen LogP contribution in [0.5, 0.6) is 0 Å². The second-order valence-corrected chi connectivity index (χ2v) is 7.41. The molecule has 2 atom stereocenters.